The van der Waals surface area contributed by atoms with Crippen LogP contribution in [-0.2, 0) is 16.1 Å². The number of nitrogens with zero attached hydrogens (tertiary/aromatic N) is 1. The first kappa shape index (κ1) is 21.5. The van der Waals surface area contributed by atoms with Gasteiger partial charge in [-0.25, -0.2) is 0 Å². The standard InChI is InChI=1S/C23H30N2O3/c1-17(2)14-24-23(27)19(4)25(15-20-10-6-5-7-11-20)22(26)16-28-21-12-8-9-18(3)13-21/h5-13,17,19H,14-16H2,1-4H3,(H,24,27). The first-order valence-electron chi connectivity index (χ1n) is 9.67. The molecule has 0 aliphatic heterocycles. The van der Waals surface area contributed by atoms with E-state index in [2.05, 4.69) is 5.32 Å². The zero-order chi connectivity index (χ0) is 20.5. The van der Waals surface area contributed by atoms with E-state index in [1.807, 2.05) is 75.4 Å². The van der Waals surface area contributed by atoms with Gasteiger partial charge < -0.3 is 15.0 Å². The molecule has 2 amide bonds. The summed E-state index contributed by atoms with van der Waals surface area (Å²) in [6.07, 6.45) is 0. The van der Waals surface area contributed by atoms with E-state index in [1.165, 1.54) is 0 Å². The third-order valence-electron chi connectivity index (χ3n) is 4.40. The molecule has 0 radical (unpaired) electrons. The SMILES string of the molecule is Cc1cccc(OCC(=O)N(Cc2ccccc2)C(C)C(=O)NCC(C)C)c1. The molecule has 0 spiro atoms. The van der Waals surface area contributed by atoms with E-state index in [4.69, 9.17) is 4.74 Å². The third-order valence-corrected chi connectivity index (χ3v) is 4.40. The molecule has 2 aromatic rings. The Kier molecular flexibility index (Phi) is 8.05. The van der Waals surface area contributed by atoms with Gasteiger partial charge in [-0.05, 0) is 43.0 Å². The van der Waals surface area contributed by atoms with Gasteiger partial charge in [-0.1, -0.05) is 56.3 Å². The summed E-state index contributed by atoms with van der Waals surface area (Å²) in [5.74, 6) is 0.607. The molecule has 28 heavy (non-hydrogen) atoms. The minimum absolute atomic E-state index is 0.113. The van der Waals surface area contributed by atoms with Gasteiger partial charge in [0.2, 0.25) is 5.91 Å². The second-order valence-corrected chi connectivity index (χ2v) is 7.43. The van der Waals surface area contributed by atoms with Gasteiger partial charge in [0.25, 0.3) is 5.91 Å². The fourth-order valence-electron chi connectivity index (χ4n) is 2.75. The number of hydrogen-bond donors (Lipinski definition) is 1. The molecular weight excluding hydrogens is 352 g/mol. The quantitative estimate of drug-likeness (QED) is 0.721. The summed E-state index contributed by atoms with van der Waals surface area (Å²) in [6, 6.07) is 16.6. The van der Waals surface area contributed by atoms with Crippen molar-refractivity contribution in [2.75, 3.05) is 13.2 Å². The smallest absolute Gasteiger partial charge is 0.261 e. The summed E-state index contributed by atoms with van der Waals surface area (Å²) in [6.45, 7) is 8.61. The Morgan fingerprint density at radius 3 is 2.39 bits per heavy atom. The van der Waals surface area contributed by atoms with Gasteiger partial charge in [-0.3, -0.25) is 9.59 Å². The van der Waals surface area contributed by atoms with Gasteiger partial charge in [0.15, 0.2) is 6.61 Å². The normalized spacial score (nSPS) is 11.8. The average molecular weight is 383 g/mol. The van der Waals surface area contributed by atoms with Crippen LogP contribution in [-0.4, -0.2) is 35.9 Å². The van der Waals surface area contributed by atoms with E-state index in [0.29, 0.717) is 24.8 Å². The summed E-state index contributed by atoms with van der Waals surface area (Å²) in [5, 5.41) is 2.91. The van der Waals surface area contributed by atoms with Crippen LogP contribution in [0, 0.1) is 12.8 Å². The van der Waals surface area contributed by atoms with Crippen LogP contribution in [0.1, 0.15) is 31.9 Å². The molecule has 1 N–H and O–H groups in total. The van der Waals surface area contributed by atoms with Crippen LogP contribution in [0.25, 0.3) is 0 Å². The van der Waals surface area contributed by atoms with Gasteiger partial charge in [0.1, 0.15) is 11.8 Å². The average Bonchev–Trinajstić information content (AvgIpc) is 2.68. The number of rotatable bonds is 9. The fraction of sp³-hybridized carbons (Fsp3) is 0.391. The second kappa shape index (κ2) is 10.5. The van der Waals surface area contributed by atoms with Crippen LogP contribution in [0.2, 0.25) is 0 Å². The topological polar surface area (TPSA) is 58.6 Å². The maximum Gasteiger partial charge on any atom is 0.261 e. The summed E-state index contributed by atoms with van der Waals surface area (Å²) >= 11 is 0. The molecule has 0 saturated carbocycles. The van der Waals surface area contributed by atoms with Crippen LogP contribution in [0.4, 0.5) is 0 Å². The third kappa shape index (κ3) is 6.72. The molecule has 2 aromatic carbocycles. The predicted octanol–water partition coefficient (Wildman–Crippen LogP) is 3.56. The molecule has 5 nitrogen and oxygen atoms in total. The zero-order valence-electron chi connectivity index (χ0n) is 17.1. The van der Waals surface area contributed by atoms with Crippen molar-refractivity contribution in [1.29, 1.82) is 0 Å². The van der Waals surface area contributed by atoms with Crippen molar-refractivity contribution in [2.24, 2.45) is 5.92 Å². The van der Waals surface area contributed by atoms with E-state index < -0.39 is 6.04 Å². The van der Waals surface area contributed by atoms with Crippen molar-refractivity contribution >= 4 is 11.8 Å². The minimum atomic E-state index is -0.590. The maximum absolute atomic E-state index is 12.9. The molecule has 0 heterocycles. The number of nitrogens with one attached hydrogen (secondary N) is 1. The van der Waals surface area contributed by atoms with Crippen molar-refractivity contribution in [3.05, 3.63) is 65.7 Å². The monoisotopic (exact) mass is 382 g/mol. The highest BCUT2D eigenvalue weighted by Crippen LogP contribution is 2.14. The first-order valence-corrected chi connectivity index (χ1v) is 9.67. The zero-order valence-corrected chi connectivity index (χ0v) is 17.1. The first-order chi connectivity index (χ1) is 13.4. The molecule has 0 aliphatic carbocycles. The van der Waals surface area contributed by atoms with Gasteiger partial charge in [0, 0.05) is 13.1 Å². The Morgan fingerprint density at radius 2 is 1.75 bits per heavy atom. The number of carbonyl (C=O) groups excluding carboxylic acids is 2. The molecule has 0 fully saturated rings. The molecule has 0 bridgehead atoms. The van der Waals surface area contributed by atoms with Crippen LogP contribution >= 0.6 is 0 Å². The van der Waals surface area contributed by atoms with Crippen molar-refractivity contribution in [3.8, 4) is 5.75 Å². The van der Waals surface area contributed by atoms with E-state index >= 15 is 0 Å². The minimum Gasteiger partial charge on any atom is -0.484 e. The molecule has 1 unspecified atom stereocenters. The predicted molar refractivity (Wildman–Crippen MR) is 111 cm³/mol. The molecule has 2 rings (SSSR count). The summed E-state index contributed by atoms with van der Waals surface area (Å²) in [4.78, 5) is 27.0. The van der Waals surface area contributed by atoms with Crippen LogP contribution in [0.3, 0.4) is 0 Å². The molecular formula is C23H30N2O3. The fourth-order valence-corrected chi connectivity index (χ4v) is 2.75. The molecule has 0 saturated heterocycles. The Labute approximate surface area is 167 Å². The lowest BCUT2D eigenvalue weighted by Crippen LogP contribution is -2.49. The molecule has 0 aliphatic rings. The molecule has 150 valence electrons. The summed E-state index contributed by atoms with van der Waals surface area (Å²) in [5.41, 5.74) is 2.03. The van der Waals surface area contributed by atoms with Crippen molar-refractivity contribution in [3.63, 3.8) is 0 Å². The van der Waals surface area contributed by atoms with Crippen molar-refractivity contribution in [2.45, 2.75) is 40.3 Å². The highest BCUT2D eigenvalue weighted by atomic mass is 16.5. The lowest BCUT2D eigenvalue weighted by Gasteiger charge is -2.29. The molecule has 1 atom stereocenters. The number of ether oxygens (including phenoxy) is 1. The van der Waals surface area contributed by atoms with Crippen molar-refractivity contribution < 1.29 is 14.3 Å². The van der Waals surface area contributed by atoms with Crippen LogP contribution in [0.15, 0.2) is 54.6 Å². The number of hydrogen-bond acceptors (Lipinski definition) is 3. The van der Waals surface area contributed by atoms with Gasteiger partial charge in [-0.2, -0.15) is 0 Å². The van der Waals surface area contributed by atoms with E-state index in [0.717, 1.165) is 11.1 Å². The Balaban J connectivity index is 2.09. The van der Waals surface area contributed by atoms with Gasteiger partial charge in [-0.15, -0.1) is 0 Å². The largest absolute Gasteiger partial charge is 0.484 e. The Bertz CT molecular complexity index is 774. The highest BCUT2D eigenvalue weighted by molar-refractivity contribution is 5.87. The highest BCUT2D eigenvalue weighted by Gasteiger charge is 2.26. The van der Waals surface area contributed by atoms with E-state index in [-0.39, 0.29) is 18.4 Å². The summed E-state index contributed by atoms with van der Waals surface area (Å²) < 4.78 is 5.67. The lowest BCUT2D eigenvalue weighted by atomic mass is 10.1. The van der Waals surface area contributed by atoms with E-state index in [9.17, 15) is 9.59 Å². The van der Waals surface area contributed by atoms with Crippen molar-refractivity contribution in [1.82, 2.24) is 10.2 Å². The van der Waals surface area contributed by atoms with Crippen LogP contribution in [0.5, 0.6) is 5.75 Å². The Hall–Kier alpha value is -2.82. The van der Waals surface area contributed by atoms with Gasteiger partial charge in [0.05, 0.1) is 0 Å². The maximum atomic E-state index is 12.9. The number of benzene rings is 2. The number of amides is 2. The number of carbonyl (C=O) groups is 2. The number of aryl methyl sites for hydroxylation is 1. The Morgan fingerprint density at radius 1 is 1.04 bits per heavy atom. The van der Waals surface area contributed by atoms with Gasteiger partial charge >= 0.3 is 0 Å². The van der Waals surface area contributed by atoms with E-state index in [1.54, 1.807) is 11.8 Å². The summed E-state index contributed by atoms with van der Waals surface area (Å²) in [7, 11) is 0. The lowest BCUT2D eigenvalue weighted by molar-refractivity contribution is -0.142. The molecule has 0 aromatic heterocycles. The second-order valence-electron chi connectivity index (χ2n) is 7.43. The molecule has 5 heteroatoms. The van der Waals surface area contributed by atoms with Crippen LogP contribution < -0.4 is 10.1 Å².